The van der Waals surface area contributed by atoms with Crippen molar-refractivity contribution in [1.82, 2.24) is 15.0 Å². The molecule has 0 spiro atoms. The van der Waals surface area contributed by atoms with Crippen molar-refractivity contribution in [2.24, 2.45) is 0 Å². The summed E-state index contributed by atoms with van der Waals surface area (Å²) in [6.45, 7) is 3.92. The molecule has 4 rings (SSSR count). The van der Waals surface area contributed by atoms with Crippen molar-refractivity contribution in [2.45, 2.75) is 58.3 Å². The number of carbonyl (C=O) groups is 6. The van der Waals surface area contributed by atoms with Gasteiger partial charge in [-0.25, -0.2) is 4.68 Å². The molecule has 0 saturated carbocycles. The van der Waals surface area contributed by atoms with Crippen molar-refractivity contribution in [1.29, 1.82) is 0 Å². The van der Waals surface area contributed by atoms with E-state index in [-0.39, 0.29) is 22.5 Å². The number of benzene rings is 1. The minimum Gasteiger partial charge on any atom is -0.463 e. The minimum absolute atomic E-state index is 0.0965. The number of hydrogen-bond acceptors (Lipinski definition) is 13. The fraction of sp³-hybridized carbons (Fsp3) is 0.417. The monoisotopic (exact) mass is 529 g/mol. The predicted molar refractivity (Wildman–Crippen MR) is 121 cm³/mol. The first-order valence-electron chi connectivity index (χ1n) is 11.4. The first-order valence-corrected chi connectivity index (χ1v) is 11.4. The van der Waals surface area contributed by atoms with Crippen LogP contribution in [0.25, 0.3) is 0 Å². The van der Waals surface area contributed by atoms with Crippen LogP contribution >= 0.6 is 0 Å². The van der Waals surface area contributed by atoms with E-state index in [2.05, 4.69) is 10.3 Å². The van der Waals surface area contributed by atoms with Crippen LogP contribution in [-0.4, -0.2) is 81.5 Å². The maximum Gasteiger partial charge on any atom is 0.303 e. The van der Waals surface area contributed by atoms with Gasteiger partial charge < -0.3 is 23.7 Å². The quantitative estimate of drug-likeness (QED) is 0.315. The van der Waals surface area contributed by atoms with Gasteiger partial charge in [0.15, 0.2) is 30.2 Å². The lowest BCUT2D eigenvalue weighted by Gasteiger charge is -2.44. The van der Waals surface area contributed by atoms with Crippen LogP contribution in [0.5, 0.6) is 0 Å². The Kier molecular flexibility index (Phi) is 7.35. The van der Waals surface area contributed by atoms with E-state index in [9.17, 15) is 28.8 Å². The third-order valence-corrected chi connectivity index (χ3v) is 5.75. The number of aromatic nitrogens is 3. The highest BCUT2D eigenvalue weighted by Gasteiger charge is 2.54. The molecule has 2 heterocycles. The Hall–Kier alpha value is -4.46. The minimum atomic E-state index is -1.53. The topological polar surface area (TPSA) is 179 Å². The summed E-state index contributed by atoms with van der Waals surface area (Å²) in [5.41, 5.74) is -0.283. The molecule has 2 aliphatic rings. The molecule has 14 heteroatoms. The van der Waals surface area contributed by atoms with E-state index in [1.807, 2.05) is 0 Å². The van der Waals surface area contributed by atoms with Gasteiger partial charge in [-0.05, 0) is 0 Å². The Morgan fingerprint density at radius 1 is 0.816 bits per heavy atom. The summed E-state index contributed by atoms with van der Waals surface area (Å²) in [6.07, 6.45) is -7.20. The molecule has 0 bridgehead atoms. The molecule has 200 valence electrons. The smallest absolute Gasteiger partial charge is 0.303 e. The lowest BCUT2D eigenvalue weighted by Crippen LogP contribution is -2.61. The third-order valence-electron chi connectivity index (χ3n) is 5.75. The first kappa shape index (κ1) is 26.6. The molecule has 38 heavy (non-hydrogen) atoms. The highest BCUT2D eigenvalue weighted by Crippen LogP contribution is 2.37. The molecule has 0 radical (unpaired) electrons. The zero-order valence-corrected chi connectivity index (χ0v) is 20.7. The SMILES string of the molecule is CC(=O)OC[C@H]1O[C@H](n2nnc3c2C(=O)c2ccccc2C3=O)[C@@H](OC(C)=O)[C@@H](OC(C)=O)[C@@H]1OC(C)=O. The highest BCUT2D eigenvalue weighted by molar-refractivity contribution is 6.26. The Morgan fingerprint density at radius 3 is 1.95 bits per heavy atom. The number of ketones is 2. The highest BCUT2D eigenvalue weighted by atomic mass is 16.7. The average Bonchev–Trinajstić information content (AvgIpc) is 3.28. The van der Waals surface area contributed by atoms with E-state index in [1.54, 1.807) is 12.1 Å². The van der Waals surface area contributed by atoms with Crippen molar-refractivity contribution in [3.05, 3.63) is 46.8 Å². The van der Waals surface area contributed by atoms with Gasteiger partial charge in [0.25, 0.3) is 0 Å². The summed E-state index contributed by atoms with van der Waals surface area (Å²) in [6, 6.07) is 6.12. The van der Waals surface area contributed by atoms with E-state index in [1.165, 1.54) is 12.1 Å². The van der Waals surface area contributed by atoms with E-state index in [0.717, 1.165) is 32.4 Å². The molecule has 5 atom stereocenters. The van der Waals surface area contributed by atoms with E-state index >= 15 is 0 Å². The van der Waals surface area contributed by atoms with Gasteiger partial charge in [0.2, 0.25) is 11.6 Å². The van der Waals surface area contributed by atoms with Crippen LogP contribution in [-0.2, 0) is 42.9 Å². The molecule has 2 aromatic rings. The van der Waals surface area contributed by atoms with Crippen molar-refractivity contribution >= 4 is 35.4 Å². The molecule has 0 N–H and O–H groups in total. The van der Waals surface area contributed by atoms with Gasteiger partial charge in [0.1, 0.15) is 18.4 Å². The molecule has 14 nitrogen and oxygen atoms in total. The second-order valence-corrected chi connectivity index (χ2v) is 8.52. The Balaban J connectivity index is 1.85. The molecule has 1 saturated heterocycles. The van der Waals surface area contributed by atoms with Crippen LogP contribution < -0.4 is 0 Å². The third kappa shape index (κ3) is 5.02. The normalized spacial score (nSPS) is 24.1. The van der Waals surface area contributed by atoms with Crippen LogP contribution in [0.2, 0.25) is 0 Å². The van der Waals surface area contributed by atoms with Crippen LogP contribution in [0.3, 0.4) is 0 Å². The summed E-state index contributed by atoms with van der Waals surface area (Å²) in [5.74, 6) is -4.30. The zero-order valence-electron chi connectivity index (χ0n) is 20.7. The first-order chi connectivity index (χ1) is 18.0. The van der Waals surface area contributed by atoms with E-state index in [0.29, 0.717) is 0 Å². The summed E-state index contributed by atoms with van der Waals surface area (Å²) < 4.78 is 28.2. The number of ether oxygens (including phenoxy) is 5. The molecule has 1 aromatic heterocycles. The van der Waals surface area contributed by atoms with Crippen molar-refractivity contribution in [2.75, 3.05) is 6.61 Å². The zero-order chi connectivity index (χ0) is 27.7. The summed E-state index contributed by atoms with van der Waals surface area (Å²) in [4.78, 5) is 74.1. The van der Waals surface area contributed by atoms with Crippen LogP contribution in [0.1, 0.15) is 66.0 Å². The lowest BCUT2D eigenvalue weighted by molar-refractivity contribution is -0.270. The summed E-state index contributed by atoms with van der Waals surface area (Å²) in [5, 5.41) is 7.82. The molecule has 0 amide bonds. The predicted octanol–water partition coefficient (Wildman–Crippen LogP) is 0.309. The number of rotatable bonds is 6. The number of hydrogen-bond donors (Lipinski definition) is 0. The molecule has 1 aliphatic heterocycles. The second-order valence-electron chi connectivity index (χ2n) is 8.52. The van der Waals surface area contributed by atoms with Gasteiger partial charge >= 0.3 is 23.9 Å². The summed E-state index contributed by atoms with van der Waals surface area (Å²) >= 11 is 0. The molecular formula is C24H23N3O11. The van der Waals surface area contributed by atoms with E-state index < -0.39 is 72.7 Å². The number of esters is 4. The Bertz CT molecular complexity index is 1330. The van der Waals surface area contributed by atoms with Gasteiger partial charge in [0.05, 0.1) is 0 Å². The Morgan fingerprint density at radius 2 is 1.37 bits per heavy atom. The number of carbonyl (C=O) groups excluding carboxylic acids is 6. The molecule has 1 aliphatic carbocycles. The second kappa shape index (κ2) is 10.5. The molecule has 0 unspecified atom stereocenters. The largest absolute Gasteiger partial charge is 0.463 e. The molecular weight excluding hydrogens is 506 g/mol. The lowest BCUT2D eigenvalue weighted by atomic mass is 9.89. The van der Waals surface area contributed by atoms with Crippen molar-refractivity contribution in [3.63, 3.8) is 0 Å². The van der Waals surface area contributed by atoms with Gasteiger partial charge in [0, 0.05) is 38.8 Å². The Labute approximate surface area is 215 Å². The molecule has 1 fully saturated rings. The standard InChI is InChI=1S/C24H23N3O11/c1-10(28)34-9-16-21(35-11(2)29)22(36-12(3)30)23(37-13(4)31)24(38-16)27-18-17(25-26-27)19(32)14-7-5-6-8-15(14)20(18)33/h5-8,16,21-24H,9H2,1-4H3/t16-,21-,22+,23+,24+/m1/s1. The van der Waals surface area contributed by atoms with Crippen LogP contribution in [0.4, 0.5) is 0 Å². The average molecular weight is 529 g/mol. The fourth-order valence-electron chi connectivity index (χ4n) is 4.37. The van der Waals surface area contributed by atoms with Gasteiger partial charge in [-0.2, -0.15) is 0 Å². The number of nitrogens with zero attached hydrogens (tertiary/aromatic N) is 3. The number of fused-ring (bicyclic) bond motifs is 2. The van der Waals surface area contributed by atoms with Crippen LogP contribution in [0.15, 0.2) is 24.3 Å². The maximum atomic E-state index is 13.4. The van der Waals surface area contributed by atoms with Gasteiger partial charge in [-0.3, -0.25) is 28.8 Å². The van der Waals surface area contributed by atoms with Crippen molar-refractivity contribution in [3.8, 4) is 0 Å². The van der Waals surface area contributed by atoms with Gasteiger partial charge in [-0.1, -0.05) is 29.5 Å². The van der Waals surface area contributed by atoms with E-state index in [4.69, 9.17) is 23.7 Å². The van der Waals surface area contributed by atoms with Gasteiger partial charge in [-0.15, -0.1) is 5.10 Å². The fourth-order valence-corrected chi connectivity index (χ4v) is 4.37. The molecule has 1 aromatic carbocycles. The summed E-state index contributed by atoms with van der Waals surface area (Å²) in [7, 11) is 0. The maximum absolute atomic E-state index is 13.4. The van der Waals surface area contributed by atoms with Crippen molar-refractivity contribution < 1.29 is 52.5 Å². The van der Waals surface area contributed by atoms with Crippen LogP contribution in [0, 0.1) is 0 Å².